The first kappa shape index (κ1) is 12.8. The van der Waals surface area contributed by atoms with Crippen molar-refractivity contribution in [2.45, 2.75) is 19.4 Å². The zero-order valence-corrected chi connectivity index (χ0v) is 10.6. The Labute approximate surface area is 108 Å². The molecule has 0 bridgehead atoms. The van der Waals surface area contributed by atoms with E-state index in [1.165, 1.54) is 0 Å². The SMILES string of the molecule is CC1CN(C(=O)/C=C/c2ccccc2)CCC1O. The van der Waals surface area contributed by atoms with Crippen LogP contribution in [0.5, 0.6) is 0 Å². The number of piperidine rings is 1. The molecule has 2 unspecified atom stereocenters. The third-order valence-corrected chi connectivity index (χ3v) is 3.39. The maximum absolute atomic E-state index is 12.0. The minimum Gasteiger partial charge on any atom is -0.393 e. The van der Waals surface area contributed by atoms with E-state index in [1.807, 2.05) is 43.3 Å². The molecule has 1 aliphatic heterocycles. The molecule has 1 saturated heterocycles. The predicted molar refractivity (Wildman–Crippen MR) is 71.8 cm³/mol. The third-order valence-electron chi connectivity index (χ3n) is 3.39. The second-order valence-corrected chi connectivity index (χ2v) is 4.86. The van der Waals surface area contributed by atoms with Gasteiger partial charge in [-0.25, -0.2) is 0 Å². The lowest BCUT2D eigenvalue weighted by atomic mass is 9.97. The maximum Gasteiger partial charge on any atom is 0.246 e. The van der Waals surface area contributed by atoms with Crippen molar-refractivity contribution in [2.24, 2.45) is 5.92 Å². The van der Waals surface area contributed by atoms with E-state index in [9.17, 15) is 9.90 Å². The van der Waals surface area contributed by atoms with Gasteiger partial charge in [-0.3, -0.25) is 4.79 Å². The van der Waals surface area contributed by atoms with Gasteiger partial charge < -0.3 is 10.0 Å². The molecule has 0 aliphatic carbocycles. The van der Waals surface area contributed by atoms with Crippen LogP contribution in [-0.2, 0) is 4.79 Å². The van der Waals surface area contributed by atoms with Gasteiger partial charge in [0.25, 0.3) is 0 Å². The van der Waals surface area contributed by atoms with Crippen molar-refractivity contribution in [1.82, 2.24) is 4.90 Å². The summed E-state index contributed by atoms with van der Waals surface area (Å²) >= 11 is 0. The van der Waals surface area contributed by atoms with Crippen molar-refractivity contribution in [3.63, 3.8) is 0 Å². The van der Waals surface area contributed by atoms with Gasteiger partial charge in [-0.2, -0.15) is 0 Å². The van der Waals surface area contributed by atoms with E-state index in [0.29, 0.717) is 19.5 Å². The fourth-order valence-corrected chi connectivity index (χ4v) is 2.17. The molecule has 1 fully saturated rings. The van der Waals surface area contributed by atoms with Crippen molar-refractivity contribution < 1.29 is 9.90 Å². The van der Waals surface area contributed by atoms with Crippen LogP contribution in [0.4, 0.5) is 0 Å². The number of rotatable bonds is 2. The molecule has 1 aliphatic rings. The maximum atomic E-state index is 12.0. The molecule has 2 rings (SSSR count). The first-order valence-electron chi connectivity index (χ1n) is 6.37. The van der Waals surface area contributed by atoms with E-state index >= 15 is 0 Å². The number of benzene rings is 1. The van der Waals surface area contributed by atoms with Gasteiger partial charge in [0, 0.05) is 19.2 Å². The van der Waals surface area contributed by atoms with Gasteiger partial charge in [0.1, 0.15) is 0 Å². The predicted octanol–water partition coefficient (Wildman–Crippen LogP) is 1.93. The highest BCUT2D eigenvalue weighted by Crippen LogP contribution is 2.16. The standard InChI is InChI=1S/C15H19NO2/c1-12-11-16(10-9-14(12)17)15(18)8-7-13-5-3-2-4-6-13/h2-8,12,14,17H,9-11H2,1H3/b8-7+. The Balaban J connectivity index is 1.94. The summed E-state index contributed by atoms with van der Waals surface area (Å²) in [5.41, 5.74) is 1.02. The third kappa shape index (κ3) is 3.20. The average molecular weight is 245 g/mol. The molecule has 96 valence electrons. The molecule has 1 amide bonds. The minimum atomic E-state index is -0.271. The molecular weight excluding hydrogens is 226 g/mol. The Hall–Kier alpha value is -1.61. The van der Waals surface area contributed by atoms with Crippen LogP contribution in [-0.4, -0.2) is 35.1 Å². The van der Waals surface area contributed by atoms with Crippen molar-refractivity contribution in [1.29, 1.82) is 0 Å². The number of carbonyl (C=O) groups excluding carboxylic acids is 1. The largest absolute Gasteiger partial charge is 0.393 e. The summed E-state index contributed by atoms with van der Waals surface area (Å²) in [4.78, 5) is 13.8. The quantitative estimate of drug-likeness (QED) is 0.809. The second-order valence-electron chi connectivity index (χ2n) is 4.86. The van der Waals surface area contributed by atoms with E-state index in [2.05, 4.69) is 0 Å². The molecular formula is C15H19NO2. The lowest BCUT2D eigenvalue weighted by Gasteiger charge is -2.33. The van der Waals surface area contributed by atoms with Crippen molar-refractivity contribution in [2.75, 3.05) is 13.1 Å². The number of hydrogen-bond acceptors (Lipinski definition) is 2. The zero-order valence-electron chi connectivity index (χ0n) is 10.6. The molecule has 3 nitrogen and oxygen atoms in total. The number of likely N-dealkylation sites (tertiary alicyclic amines) is 1. The zero-order chi connectivity index (χ0) is 13.0. The molecule has 2 atom stereocenters. The van der Waals surface area contributed by atoms with Crippen LogP contribution in [0.15, 0.2) is 36.4 Å². The number of aliphatic hydroxyl groups excluding tert-OH is 1. The Morgan fingerprint density at radius 3 is 2.78 bits per heavy atom. The fraction of sp³-hybridized carbons (Fsp3) is 0.400. The smallest absolute Gasteiger partial charge is 0.246 e. The number of aliphatic hydroxyl groups is 1. The van der Waals surface area contributed by atoms with Crippen LogP contribution in [0.2, 0.25) is 0 Å². The Kier molecular flexibility index (Phi) is 4.15. The lowest BCUT2D eigenvalue weighted by molar-refractivity contribution is -0.129. The summed E-state index contributed by atoms with van der Waals surface area (Å²) in [5.74, 6) is 0.186. The van der Waals surface area contributed by atoms with Crippen LogP contribution in [0.25, 0.3) is 6.08 Å². The van der Waals surface area contributed by atoms with E-state index in [0.717, 1.165) is 5.56 Å². The number of nitrogens with zero attached hydrogens (tertiary/aromatic N) is 1. The summed E-state index contributed by atoms with van der Waals surface area (Å²) in [7, 11) is 0. The molecule has 0 aromatic heterocycles. The van der Waals surface area contributed by atoms with E-state index < -0.39 is 0 Å². The summed E-state index contributed by atoms with van der Waals surface area (Å²) in [5, 5.41) is 9.63. The second kappa shape index (κ2) is 5.83. The Morgan fingerprint density at radius 2 is 2.11 bits per heavy atom. The molecule has 0 radical (unpaired) electrons. The molecule has 1 N–H and O–H groups in total. The first-order valence-corrected chi connectivity index (χ1v) is 6.37. The Morgan fingerprint density at radius 1 is 1.39 bits per heavy atom. The first-order chi connectivity index (χ1) is 8.66. The molecule has 0 saturated carbocycles. The van der Waals surface area contributed by atoms with Crippen LogP contribution in [0.3, 0.4) is 0 Å². The topological polar surface area (TPSA) is 40.5 Å². The van der Waals surface area contributed by atoms with Gasteiger partial charge >= 0.3 is 0 Å². The highest BCUT2D eigenvalue weighted by atomic mass is 16.3. The van der Waals surface area contributed by atoms with Gasteiger partial charge in [0.2, 0.25) is 5.91 Å². The van der Waals surface area contributed by atoms with Crippen LogP contribution >= 0.6 is 0 Å². The number of hydrogen-bond donors (Lipinski definition) is 1. The summed E-state index contributed by atoms with van der Waals surface area (Å²) in [6.07, 6.45) is 3.84. The van der Waals surface area contributed by atoms with E-state index in [-0.39, 0.29) is 17.9 Å². The lowest BCUT2D eigenvalue weighted by Crippen LogP contribution is -2.44. The van der Waals surface area contributed by atoms with Gasteiger partial charge in [-0.1, -0.05) is 37.3 Å². The normalized spacial score (nSPS) is 24.4. The van der Waals surface area contributed by atoms with Gasteiger partial charge in [0.05, 0.1) is 6.10 Å². The van der Waals surface area contributed by atoms with Crippen molar-refractivity contribution in [3.8, 4) is 0 Å². The fourth-order valence-electron chi connectivity index (χ4n) is 2.17. The Bertz CT molecular complexity index is 427. The molecule has 1 aromatic rings. The summed E-state index contributed by atoms with van der Waals surface area (Å²) < 4.78 is 0. The van der Waals surface area contributed by atoms with Gasteiger partial charge in [0.15, 0.2) is 0 Å². The summed E-state index contributed by atoms with van der Waals surface area (Å²) in [6, 6.07) is 9.78. The van der Waals surface area contributed by atoms with Crippen molar-refractivity contribution >= 4 is 12.0 Å². The monoisotopic (exact) mass is 245 g/mol. The van der Waals surface area contributed by atoms with E-state index in [4.69, 9.17) is 0 Å². The van der Waals surface area contributed by atoms with Crippen molar-refractivity contribution in [3.05, 3.63) is 42.0 Å². The van der Waals surface area contributed by atoms with E-state index in [1.54, 1.807) is 11.0 Å². The highest BCUT2D eigenvalue weighted by Gasteiger charge is 2.25. The van der Waals surface area contributed by atoms with Crippen LogP contribution in [0, 0.1) is 5.92 Å². The molecule has 18 heavy (non-hydrogen) atoms. The highest BCUT2D eigenvalue weighted by molar-refractivity contribution is 5.91. The van der Waals surface area contributed by atoms with Gasteiger partial charge in [-0.05, 0) is 24.0 Å². The molecule has 1 aromatic carbocycles. The number of carbonyl (C=O) groups is 1. The van der Waals surface area contributed by atoms with Crippen LogP contribution in [0.1, 0.15) is 18.9 Å². The van der Waals surface area contributed by atoms with Crippen LogP contribution < -0.4 is 0 Å². The average Bonchev–Trinajstić information content (AvgIpc) is 2.40. The molecule has 1 heterocycles. The number of amides is 1. The molecule has 3 heteroatoms. The van der Waals surface area contributed by atoms with Gasteiger partial charge in [-0.15, -0.1) is 0 Å². The molecule has 0 spiro atoms. The minimum absolute atomic E-state index is 0.0256. The summed E-state index contributed by atoms with van der Waals surface area (Å²) in [6.45, 7) is 3.26.